The molecule has 6 heteroatoms. The molecule has 0 rings (SSSR count). The zero-order valence-corrected chi connectivity index (χ0v) is 10.00. The standard InChI is InChI=1S/C10H17ClF3NO/c1-8(7-11)3-2-6-15-9(16)4-5-10(12,13)14/h8H,2-7H2,1H3,(H,15,16). The Morgan fingerprint density at radius 3 is 2.56 bits per heavy atom. The van der Waals surface area contributed by atoms with Crippen molar-refractivity contribution >= 4 is 17.5 Å². The van der Waals surface area contributed by atoms with E-state index in [4.69, 9.17) is 11.6 Å². The Morgan fingerprint density at radius 2 is 2.06 bits per heavy atom. The van der Waals surface area contributed by atoms with Gasteiger partial charge in [-0.05, 0) is 18.8 Å². The summed E-state index contributed by atoms with van der Waals surface area (Å²) in [4.78, 5) is 11.0. The first-order valence-corrected chi connectivity index (χ1v) is 5.78. The molecular weight excluding hydrogens is 243 g/mol. The predicted molar refractivity (Wildman–Crippen MR) is 57.4 cm³/mol. The van der Waals surface area contributed by atoms with Gasteiger partial charge in [0.2, 0.25) is 5.91 Å². The molecule has 0 aliphatic rings. The highest BCUT2D eigenvalue weighted by Gasteiger charge is 2.27. The molecule has 0 saturated heterocycles. The van der Waals surface area contributed by atoms with Crippen molar-refractivity contribution in [1.82, 2.24) is 5.32 Å². The van der Waals surface area contributed by atoms with Crippen LogP contribution in [0, 0.1) is 5.92 Å². The monoisotopic (exact) mass is 259 g/mol. The molecule has 1 N–H and O–H groups in total. The van der Waals surface area contributed by atoms with Crippen LogP contribution in [0.5, 0.6) is 0 Å². The lowest BCUT2D eigenvalue weighted by Crippen LogP contribution is -2.26. The minimum Gasteiger partial charge on any atom is -0.356 e. The second-order valence-electron chi connectivity index (χ2n) is 3.87. The smallest absolute Gasteiger partial charge is 0.356 e. The zero-order chi connectivity index (χ0) is 12.6. The normalized spacial score (nSPS) is 13.6. The molecule has 0 aliphatic heterocycles. The van der Waals surface area contributed by atoms with Gasteiger partial charge in [-0.1, -0.05) is 6.92 Å². The zero-order valence-electron chi connectivity index (χ0n) is 9.24. The van der Waals surface area contributed by atoms with E-state index in [0.29, 0.717) is 18.3 Å². The van der Waals surface area contributed by atoms with E-state index in [1.54, 1.807) is 0 Å². The largest absolute Gasteiger partial charge is 0.389 e. The molecule has 16 heavy (non-hydrogen) atoms. The molecule has 0 aromatic rings. The number of hydrogen-bond acceptors (Lipinski definition) is 1. The van der Waals surface area contributed by atoms with Gasteiger partial charge in [-0.15, -0.1) is 11.6 Å². The van der Waals surface area contributed by atoms with Crippen molar-refractivity contribution in [2.45, 2.75) is 38.8 Å². The average Bonchev–Trinajstić information content (AvgIpc) is 2.20. The molecule has 2 nitrogen and oxygen atoms in total. The van der Waals surface area contributed by atoms with E-state index in [9.17, 15) is 18.0 Å². The Hall–Kier alpha value is -0.450. The van der Waals surface area contributed by atoms with Gasteiger partial charge in [-0.2, -0.15) is 13.2 Å². The third-order valence-electron chi connectivity index (χ3n) is 2.09. The lowest BCUT2D eigenvalue weighted by atomic mass is 10.1. The van der Waals surface area contributed by atoms with E-state index in [2.05, 4.69) is 5.32 Å². The molecule has 0 saturated carbocycles. The molecule has 0 heterocycles. The fourth-order valence-corrected chi connectivity index (χ4v) is 1.25. The van der Waals surface area contributed by atoms with Gasteiger partial charge in [0.15, 0.2) is 0 Å². The molecule has 1 amide bonds. The van der Waals surface area contributed by atoms with Crippen LogP contribution in [0.25, 0.3) is 0 Å². The fourth-order valence-electron chi connectivity index (χ4n) is 1.10. The van der Waals surface area contributed by atoms with Gasteiger partial charge < -0.3 is 5.32 Å². The molecule has 1 unspecified atom stereocenters. The third-order valence-corrected chi connectivity index (χ3v) is 2.62. The summed E-state index contributed by atoms with van der Waals surface area (Å²) >= 11 is 5.58. The second kappa shape index (κ2) is 7.76. The first-order valence-electron chi connectivity index (χ1n) is 5.24. The number of carbonyl (C=O) groups excluding carboxylic acids is 1. The predicted octanol–water partition coefficient (Wildman–Crippen LogP) is 3.10. The number of amides is 1. The third kappa shape index (κ3) is 10.1. The highest BCUT2D eigenvalue weighted by molar-refractivity contribution is 6.18. The highest BCUT2D eigenvalue weighted by atomic mass is 35.5. The van der Waals surface area contributed by atoms with Crippen molar-refractivity contribution in [3.8, 4) is 0 Å². The van der Waals surface area contributed by atoms with Crippen LogP contribution in [0.2, 0.25) is 0 Å². The summed E-state index contributed by atoms with van der Waals surface area (Å²) in [6.45, 7) is 2.40. The SMILES string of the molecule is CC(CCl)CCCNC(=O)CCC(F)(F)F. The van der Waals surface area contributed by atoms with Crippen LogP contribution >= 0.6 is 11.6 Å². The number of alkyl halides is 4. The lowest BCUT2D eigenvalue weighted by molar-refractivity contribution is -0.144. The van der Waals surface area contributed by atoms with Crippen molar-refractivity contribution in [2.24, 2.45) is 5.92 Å². The first-order chi connectivity index (χ1) is 7.35. The lowest BCUT2D eigenvalue weighted by Gasteiger charge is -2.09. The van der Waals surface area contributed by atoms with Gasteiger partial charge in [0, 0.05) is 18.8 Å². The molecule has 0 fully saturated rings. The molecule has 1 atom stereocenters. The highest BCUT2D eigenvalue weighted by Crippen LogP contribution is 2.20. The second-order valence-corrected chi connectivity index (χ2v) is 4.18. The summed E-state index contributed by atoms with van der Waals surface area (Å²) in [5.41, 5.74) is 0. The van der Waals surface area contributed by atoms with Gasteiger partial charge in [-0.3, -0.25) is 4.79 Å². The van der Waals surface area contributed by atoms with E-state index in [1.807, 2.05) is 6.92 Å². The molecule has 0 aromatic heterocycles. The van der Waals surface area contributed by atoms with Crippen LogP contribution in [-0.4, -0.2) is 24.5 Å². The Labute approximate surface area is 98.5 Å². The van der Waals surface area contributed by atoms with Crippen LogP contribution in [0.1, 0.15) is 32.6 Å². The number of carbonyl (C=O) groups is 1. The van der Waals surface area contributed by atoms with Crippen LogP contribution < -0.4 is 5.32 Å². The maximum atomic E-state index is 11.8. The molecule has 0 bridgehead atoms. The van der Waals surface area contributed by atoms with E-state index < -0.39 is 24.9 Å². The molecule has 96 valence electrons. The van der Waals surface area contributed by atoms with Crippen molar-refractivity contribution in [2.75, 3.05) is 12.4 Å². The van der Waals surface area contributed by atoms with Crippen LogP contribution in [0.3, 0.4) is 0 Å². The summed E-state index contributed by atoms with van der Waals surface area (Å²) in [7, 11) is 0. The summed E-state index contributed by atoms with van der Waals surface area (Å²) in [5.74, 6) is 0.381. The first kappa shape index (κ1) is 15.6. The van der Waals surface area contributed by atoms with E-state index in [1.165, 1.54) is 0 Å². The molecule has 0 aromatic carbocycles. The van der Waals surface area contributed by atoms with Gasteiger partial charge in [0.25, 0.3) is 0 Å². The van der Waals surface area contributed by atoms with Crippen molar-refractivity contribution in [1.29, 1.82) is 0 Å². The van der Waals surface area contributed by atoms with Crippen molar-refractivity contribution in [3.63, 3.8) is 0 Å². The Balaban J connectivity index is 3.45. The summed E-state index contributed by atoms with van der Waals surface area (Å²) in [6.07, 6.45) is -4.20. The summed E-state index contributed by atoms with van der Waals surface area (Å²) in [6, 6.07) is 0. The molecule has 0 spiro atoms. The quantitative estimate of drug-likeness (QED) is 0.552. The molecular formula is C10H17ClF3NO. The maximum Gasteiger partial charge on any atom is 0.389 e. The molecule has 0 aliphatic carbocycles. The Bertz CT molecular complexity index is 209. The Kier molecular flexibility index (Phi) is 7.55. The summed E-state index contributed by atoms with van der Waals surface area (Å²) in [5, 5.41) is 2.45. The van der Waals surface area contributed by atoms with Gasteiger partial charge in [-0.25, -0.2) is 0 Å². The number of hydrogen-bond donors (Lipinski definition) is 1. The average molecular weight is 260 g/mol. The summed E-state index contributed by atoms with van der Waals surface area (Å²) < 4.78 is 35.3. The number of nitrogens with one attached hydrogen (secondary N) is 1. The number of halogens is 4. The van der Waals surface area contributed by atoms with Gasteiger partial charge >= 0.3 is 6.18 Å². The van der Waals surface area contributed by atoms with Crippen LogP contribution in [0.15, 0.2) is 0 Å². The van der Waals surface area contributed by atoms with Crippen LogP contribution in [0.4, 0.5) is 13.2 Å². The number of rotatable bonds is 7. The van der Waals surface area contributed by atoms with Gasteiger partial charge in [0.1, 0.15) is 0 Å². The topological polar surface area (TPSA) is 29.1 Å². The Morgan fingerprint density at radius 1 is 1.44 bits per heavy atom. The van der Waals surface area contributed by atoms with Crippen molar-refractivity contribution in [3.05, 3.63) is 0 Å². The van der Waals surface area contributed by atoms with E-state index >= 15 is 0 Å². The molecule has 0 radical (unpaired) electrons. The fraction of sp³-hybridized carbons (Fsp3) is 0.900. The van der Waals surface area contributed by atoms with Crippen LogP contribution in [-0.2, 0) is 4.79 Å². The van der Waals surface area contributed by atoms with Crippen molar-refractivity contribution < 1.29 is 18.0 Å². The maximum absolute atomic E-state index is 11.8. The minimum atomic E-state index is -4.26. The minimum absolute atomic E-state index is 0.369. The van der Waals surface area contributed by atoms with E-state index in [0.717, 1.165) is 12.8 Å². The van der Waals surface area contributed by atoms with E-state index in [-0.39, 0.29) is 0 Å². The van der Waals surface area contributed by atoms with Gasteiger partial charge in [0.05, 0.1) is 6.42 Å².